The Hall–Kier alpha value is -2.57. The number of pyridine rings is 1. The average molecular weight is 363 g/mol. The number of urea groups is 1. The summed E-state index contributed by atoms with van der Waals surface area (Å²) in [7, 11) is 0. The van der Waals surface area contributed by atoms with Crippen LogP contribution in [0.15, 0.2) is 48.8 Å². The standard InChI is InChI=1S/C19H20F3N3O/c20-19(21,22)15-6-3-7-16(11-15)24-18(26)25(17-8-1-2-9-17)13-14-5-4-10-23-12-14/h3-7,10-12,17H,1-2,8-9,13H2,(H,24,26). The molecule has 1 N–H and O–H groups in total. The van der Waals surface area contributed by atoms with Crippen molar-refractivity contribution < 1.29 is 18.0 Å². The Morgan fingerprint density at radius 1 is 1.19 bits per heavy atom. The van der Waals surface area contributed by atoms with Gasteiger partial charge in [-0.15, -0.1) is 0 Å². The number of nitrogens with zero attached hydrogens (tertiary/aromatic N) is 2. The van der Waals surface area contributed by atoms with Gasteiger partial charge in [-0.2, -0.15) is 13.2 Å². The van der Waals surface area contributed by atoms with E-state index in [2.05, 4.69) is 10.3 Å². The number of anilines is 1. The fourth-order valence-corrected chi connectivity index (χ4v) is 3.24. The van der Waals surface area contributed by atoms with Crippen LogP contribution in [-0.2, 0) is 12.7 Å². The highest BCUT2D eigenvalue weighted by molar-refractivity contribution is 5.89. The van der Waals surface area contributed by atoms with Gasteiger partial charge in [0.25, 0.3) is 0 Å². The Kier molecular flexibility index (Phi) is 5.44. The zero-order valence-electron chi connectivity index (χ0n) is 14.2. The number of aromatic nitrogens is 1. The van der Waals surface area contributed by atoms with E-state index in [1.165, 1.54) is 12.1 Å². The van der Waals surface area contributed by atoms with E-state index in [9.17, 15) is 18.0 Å². The SMILES string of the molecule is O=C(Nc1cccc(C(F)(F)F)c1)N(Cc1cccnc1)C1CCCC1. The molecule has 0 aliphatic heterocycles. The van der Waals surface area contributed by atoms with Crippen LogP contribution in [0, 0.1) is 0 Å². The summed E-state index contributed by atoms with van der Waals surface area (Å²) in [6, 6.07) is 8.07. The average Bonchev–Trinajstić information content (AvgIpc) is 3.14. The van der Waals surface area contributed by atoms with E-state index in [0.29, 0.717) is 6.54 Å². The molecule has 0 saturated heterocycles. The van der Waals surface area contributed by atoms with Gasteiger partial charge < -0.3 is 10.2 Å². The monoisotopic (exact) mass is 363 g/mol. The van der Waals surface area contributed by atoms with E-state index >= 15 is 0 Å². The van der Waals surface area contributed by atoms with Gasteiger partial charge in [0.1, 0.15) is 0 Å². The summed E-state index contributed by atoms with van der Waals surface area (Å²) in [5.74, 6) is 0. The van der Waals surface area contributed by atoms with Crippen molar-refractivity contribution in [3.05, 3.63) is 59.9 Å². The first kappa shape index (κ1) is 18.2. The Morgan fingerprint density at radius 2 is 1.96 bits per heavy atom. The molecule has 1 aromatic heterocycles. The molecule has 0 unspecified atom stereocenters. The number of nitrogens with one attached hydrogen (secondary N) is 1. The molecule has 1 aliphatic rings. The van der Waals surface area contributed by atoms with Gasteiger partial charge in [-0.05, 0) is 42.7 Å². The summed E-state index contributed by atoms with van der Waals surface area (Å²) in [6.07, 6.45) is 2.80. The molecule has 1 fully saturated rings. The Bertz CT molecular complexity index is 743. The summed E-state index contributed by atoms with van der Waals surface area (Å²) < 4.78 is 38.6. The van der Waals surface area contributed by atoms with Crippen molar-refractivity contribution in [1.82, 2.24) is 9.88 Å². The second kappa shape index (κ2) is 7.76. The van der Waals surface area contributed by atoms with Crippen molar-refractivity contribution in [2.24, 2.45) is 0 Å². The minimum atomic E-state index is -4.44. The molecule has 1 heterocycles. The molecule has 1 aliphatic carbocycles. The van der Waals surface area contributed by atoms with Crippen LogP contribution in [0.1, 0.15) is 36.8 Å². The van der Waals surface area contributed by atoms with Crippen LogP contribution in [0.2, 0.25) is 0 Å². The van der Waals surface area contributed by atoms with Crippen molar-refractivity contribution in [3.8, 4) is 0 Å². The quantitative estimate of drug-likeness (QED) is 0.824. The largest absolute Gasteiger partial charge is 0.416 e. The van der Waals surface area contributed by atoms with Crippen molar-refractivity contribution >= 4 is 11.7 Å². The highest BCUT2D eigenvalue weighted by atomic mass is 19.4. The first-order chi connectivity index (χ1) is 12.4. The van der Waals surface area contributed by atoms with Crippen molar-refractivity contribution in [1.29, 1.82) is 0 Å². The van der Waals surface area contributed by atoms with Gasteiger partial charge in [0.05, 0.1) is 5.56 Å². The third kappa shape index (κ3) is 4.53. The number of hydrogen-bond donors (Lipinski definition) is 1. The molecule has 138 valence electrons. The number of benzene rings is 1. The van der Waals surface area contributed by atoms with Crippen LogP contribution in [-0.4, -0.2) is 22.0 Å². The molecule has 0 bridgehead atoms. The van der Waals surface area contributed by atoms with Crippen LogP contribution in [0.25, 0.3) is 0 Å². The van der Waals surface area contributed by atoms with Crippen LogP contribution < -0.4 is 5.32 Å². The molecule has 26 heavy (non-hydrogen) atoms. The summed E-state index contributed by atoms with van der Waals surface area (Å²) >= 11 is 0. The summed E-state index contributed by atoms with van der Waals surface area (Å²) in [6.45, 7) is 0.378. The molecule has 4 nitrogen and oxygen atoms in total. The molecule has 1 aromatic carbocycles. The van der Waals surface area contributed by atoms with Gasteiger partial charge in [0, 0.05) is 30.7 Å². The van der Waals surface area contributed by atoms with Gasteiger partial charge >= 0.3 is 12.2 Å². The van der Waals surface area contributed by atoms with E-state index in [4.69, 9.17) is 0 Å². The smallest absolute Gasteiger partial charge is 0.317 e. The topological polar surface area (TPSA) is 45.2 Å². The lowest BCUT2D eigenvalue weighted by atomic mass is 10.1. The minimum absolute atomic E-state index is 0.0843. The Balaban J connectivity index is 1.77. The minimum Gasteiger partial charge on any atom is -0.317 e. The van der Waals surface area contributed by atoms with Gasteiger partial charge in [0.2, 0.25) is 0 Å². The number of alkyl halides is 3. The van der Waals surface area contributed by atoms with Gasteiger partial charge in [-0.1, -0.05) is 25.0 Å². The number of carbonyl (C=O) groups is 1. The Morgan fingerprint density at radius 3 is 2.62 bits per heavy atom. The first-order valence-electron chi connectivity index (χ1n) is 8.57. The second-order valence-electron chi connectivity index (χ2n) is 6.44. The van der Waals surface area contributed by atoms with E-state index < -0.39 is 11.7 Å². The van der Waals surface area contributed by atoms with Gasteiger partial charge in [-0.3, -0.25) is 4.98 Å². The maximum Gasteiger partial charge on any atom is 0.416 e. The molecule has 0 atom stereocenters. The highest BCUT2D eigenvalue weighted by Crippen LogP contribution is 2.31. The predicted molar refractivity (Wildman–Crippen MR) is 92.5 cm³/mol. The molecular formula is C19H20F3N3O. The highest BCUT2D eigenvalue weighted by Gasteiger charge is 2.31. The lowest BCUT2D eigenvalue weighted by Crippen LogP contribution is -2.41. The zero-order chi connectivity index (χ0) is 18.6. The van der Waals surface area contributed by atoms with Crippen molar-refractivity contribution in [2.45, 2.75) is 44.4 Å². The van der Waals surface area contributed by atoms with E-state index in [1.807, 2.05) is 6.07 Å². The molecule has 7 heteroatoms. The molecule has 0 radical (unpaired) electrons. The Labute approximate surface area is 150 Å². The van der Waals surface area contributed by atoms with E-state index in [0.717, 1.165) is 43.4 Å². The number of halogens is 3. The third-order valence-corrected chi connectivity index (χ3v) is 4.54. The molecule has 3 rings (SSSR count). The number of amides is 2. The van der Waals surface area contributed by atoms with Crippen molar-refractivity contribution in [2.75, 3.05) is 5.32 Å². The maximum absolute atomic E-state index is 12.9. The number of carbonyl (C=O) groups excluding carboxylic acids is 1. The third-order valence-electron chi connectivity index (χ3n) is 4.54. The molecule has 1 saturated carbocycles. The van der Waals surface area contributed by atoms with Gasteiger partial charge in [0.15, 0.2) is 0 Å². The van der Waals surface area contributed by atoms with Crippen LogP contribution in [0.3, 0.4) is 0 Å². The molecular weight excluding hydrogens is 343 g/mol. The maximum atomic E-state index is 12.9. The lowest BCUT2D eigenvalue weighted by Gasteiger charge is -2.29. The fourth-order valence-electron chi connectivity index (χ4n) is 3.24. The summed E-state index contributed by atoms with van der Waals surface area (Å²) in [5, 5.41) is 2.62. The summed E-state index contributed by atoms with van der Waals surface area (Å²) in [5.41, 5.74) is 0.243. The van der Waals surface area contributed by atoms with Crippen LogP contribution in [0.4, 0.5) is 23.7 Å². The zero-order valence-corrected chi connectivity index (χ0v) is 14.2. The number of hydrogen-bond acceptors (Lipinski definition) is 2. The van der Waals surface area contributed by atoms with E-state index in [-0.39, 0.29) is 17.8 Å². The normalized spacial score (nSPS) is 15.0. The number of rotatable bonds is 4. The predicted octanol–water partition coefficient (Wildman–Crippen LogP) is 5.08. The fraction of sp³-hybridized carbons (Fsp3) is 0.368. The summed E-state index contributed by atoms with van der Waals surface area (Å²) in [4.78, 5) is 18.5. The second-order valence-corrected chi connectivity index (χ2v) is 6.44. The van der Waals surface area contributed by atoms with Crippen LogP contribution in [0.5, 0.6) is 0 Å². The lowest BCUT2D eigenvalue weighted by molar-refractivity contribution is -0.137. The van der Waals surface area contributed by atoms with E-state index in [1.54, 1.807) is 23.4 Å². The molecule has 2 amide bonds. The van der Waals surface area contributed by atoms with Gasteiger partial charge in [-0.25, -0.2) is 4.79 Å². The molecule has 2 aromatic rings. The molecule has 0 spiro atoms. The first-order valence-corrected chi connectivity index (χ1v) is 8.57. The van der Waals surface area contributed by atoms with Crippen LogP contribution >= 0.6 is 0 Å². The van der Waals surface area contributed by atoms with Crippen molar-refractivity contribution in [3.63, 3.8) is 0 Å².